The zero-order chi connectivity index (χ0) is 18.9. The van der Waals surface area contributed by atoms with E-state index in [9.17, 15) is 13.2 Å². The Morgan fingerprint density at radius 3 is 2.78 bits per heavy atom. The lowest BCUT2D eigenvalue weighted by Gasteiger charge is -2.13. The molecule has 0 unspecified atom stereocenters. The van der Waals surface area contributed by atoms with Crippen molar-refractivity contribution in [1.29, 1.82) is 0 Å². The van der Waals surface area contributed by atoms with Crippen LogP contribution >= 0.6 is 11.3 Å². The monoisotopic (exact) mass is 405 g/mol. The molecule has 1 fully saturated rings. The SMILES string of the molecule is O=C(Cc1ccc(S(=O)(=O)N2CCCC2)s1)NCc1nnc2ccccn12. The zero-order valence-corrected chi connectivity index (χ0v) is 16.2. The minimum atomic E-state index is -3.43. The van der Waals surface area contributed by atoms with Gasteiger partial charge in [0.1, 0.15) is 4.21 Å². The molecular formula is C17H19N5O3S2. The number of hydrogen-bond acceptors (Lipinski definition) is 6. The molecule has 0 saturated carbocycles. The lowest BCUT2D eigenvalue weighted by atomic mass is 10.3. The highest BCUT2D eigenvalue weighted by Crippen LogP contribution is 2.27. The van der Waals surface area contributed by atoms with Gasteiger partial charge < -0.3 is 5.32 Å². The number of hydrogen-bond donors (Lipinski definition) is 1. The number of nitrogens with zero attached hydrogens (tertiary/aromatic N) is 4. The molecule has 27 heavy (non-hydrogen) atoms. The highest BCUT2D eigenvalue weighted by atomic mass is 32.2. The van der Waals surface area contributed by atoms with Gasteiger partial charge in [-0.05, 0) is 37.1 Å². The fourth-order valence-electron chi connectivity index (χ4n) is 3.06. The first-order valence-electron chi connectivity index (χ1n) is 8.68. The number of nitrogens with one attached hydrogen (secondary N) is 1. The first kappa shape index (κ1) is 18.1. The number of aromatic nitrogens is 3. The summed E-state index contributed by atoms with van der Waals surface area (Å²) in [6.45, 7) is 1.40. The third kappa shape index (κ3) is 3.73. The van der Waals surface area contributed by atoms with Crippen LogP contribution in [0.25, 0.3) is 5.65 Å². The van der Waals surface area contributed by atoms with Gasteiger partial charge in [-0.3, -0.25) is 9.20 Å². The highest BCUT2D eigenvalue weighted by Gasteiger charge is 2.28. The number of fused-ring (bicyclic) bond motifs is 1. The second-order valence-corrected chi connectivity index (χ2v) is 9.66. The van der Waals surface area contributed by atoms with Crippen molar-refractivity contribution in [2.75, 3.05) is 13.1 Å². The summed E-state index contributed by atoms with van der Waals surface area (Å²) in [5, 5.41) is 10.9. The summed E-state index contributed by atoms with van der Waals surface area (Å²) in [6, 6.07) is 8.88. The summed E-state index contributed by atoms with van der Waals surface area (Å²) in [4.78, 5) is 13.0. The number of carbonyl (C=O) groups excluding carboxylic acids is 1. The average Bonchev–Trinajstić information content (AvgIpc) is 3.40. The largest absolute Gasteiger partial charge is 0.348 e. The van der Waals surface area contributed by atoms with E-state index in [1.807, 2.05) is 28.8 Å². The Hall–Kier alpha value is -2.30. The molecule has 3 aromatic rings. The van der Waals surface area contributed by atoms with E-state index in [2.05, 4.69) is 15.5 Å². The van der Waals surface area contributed by atoms with Crippen LogP contribution < -0.4 is 5.32 Å². The summed E-state index contributed by atoms with van der Waals surface area (Å²) >= 11 is 1.16. The molecule has 8 nitrogen and oxygen atoms in total. The molecule has 1 saturated heterocycles. The van der Waals surface area contributed by atoms with Gasteiger partial charge in [-0.25, -0.2) is 8.42 Å². The Morgan fingerprint density at radius 1 is 1.15 bits per heavy atom. The standard InChI is InChI=1S/C17H19N5O3S2/c23-16(18-12-15-20-19-14-5-1-2-10-22(14)15)11-13-6-7-17(26-13)27(24,25)21-8-3-4-9-21/h1-2,5-7,10H,3-4,8-9,11-12H2,(H,18,23). The van der Waals surface area contributed by atoms with Crippen LogP contribution in [-0.4, -0.2) is 46.3 Å². The molecule has 142 valence electrons. The van der Waals surface area contributed by atoms with Crippen LogP contribution in [0.2, 0.25) is 0 Å². The second-order valence-electron chi connectivity index (χ2n) is 6.33. The molecule has 0 spiro atoms. The molecule has 4 heterocycles. The van der Waals surface area contributed by atoms with Crippen LogP contribution in [-0.2, 0) is 27.8 Å². The van der Waals surface area contributed by atoms with Gasteiger partial charge >= 0.3 is 0 Å². The number of carbonyl (C=O) groups is 1. The molecule has 0 radical (unpaired) electrons. The Labute approximate surface area is 160 Å². The Morgan fingerprint density at radius 2 is 1.96 bits per heavy atom. The van der Waals surface area contributed by atoms with Gasteiger partial charge in [-0.2, -0.15) is 4.31 Å². The third-order valence-corrected chi connectivity index (χ3v) is 7.91. The van der Waals surface area contributed by atoms with E-state index in [4.69, 9.17) is 0 Å². The highest BCUT2D eigenvalue weighted by molar-refractivity contribution is 7.91. The maximum atomic E-state index is 12.6. The van der Waals surface area contributed by atoms with Crippen LogP contribution in [0.4, 0.5) is 0 Å². The molecule has 0 aliphatic carbocycles. The number of rotatable bonds is 6. The van der Waals surface area contributed by atoms with E-state index in [1.54, 1.807) is 12.1 Å². The minimum Gasteiger partial charge on any atom is -0.348 e. The van der Waals surface area contributed by atoms with Gasteiger partial charge in [0.25, 0.3) is 10.0 Å². The average molecular weight is 406 g/mol. The number of thiophene rings is 1. The Kier molecular flexibility index (Phi) is 4.94. The number of pyridine rings is 1. The molecule has 1 aliphatic rings. The number of sulfonamides is 1. The summed E-state index contributed by atoms with van der Waals surface area (Å²) in [5.74, 6) is 0.456. The van der Waals surface area contributed by atoms with Crippen LogP contribution in [0.5, 0.6) is 0 Å². The molecule has 4 rings (SSSR count). The van der Waals surface area contributed by atoms with Crippen molar-refractivity contribution in [2.24, 2.45) is 0 Å². The maximum absolute atomic E-state index is 12.6. The van der Waals surface area contributed by atoms with E-state index < -0.39 is 10.0 Å². The zero-order valence-electron chi connectivity index (χ0n) is 14.5. The topological polar surface area (TPSA) is 96.7 Å². The van der Waals surface area contributed by atoms with Gasteiger partial charge in [-0.1, -0.05) is 6.07 Å². The molecule has 1 N–H and O–H groups in total. The molecule has 10 heteroatoms. The van der Waals surface area contributed by atoms with Gasteiger partial charge in [0.05, 0.1) is 13.0 Å². The first-order chi connectivity index (χ1) is 13.0. The molecule has 1 aliphatic heterocycles. The minimum absolute atomic E-state index is 0.136. The van der Waals surface area contributed by atoms with Crippen LogP contribution in [0.1, 0.15) is 23.5 Å². The fraction of sp³-hybridized carbons (Fsp3) is 0.353. The maximum Gasteiger partial charge on any atom is 0.252 e. The molecular weight excluding hydrogens is 386 g/mol. The van der Waals surface area contributed by atoms with Crippen LogP contribution in [0.3, 0.4) is 0 Å². The quantitative estimate of drug-likeness (QED) is 0.669. The molecule has 0 aromatic carbocycles. The summed E-state index contributed by atoms with van der Waals surface area (Å²) in [6.07, 6.45) is 3.77. The van der Waals surface area contributed by atoms with E-state index in [-0.39, 0.29) is 18.9 Å². The van der Waals surface area contributed by atoms with Gasteiger partial charge in [0, 0.05) is 24.2 Å². The lowest BCUT2D eigenvalue weighted by molar-refractivity contribution is -0.120. The second kappa shape index (κ2) is 7.37. The first-order valence-corrected chi connectivity index (χ1v) is 10.9. The third-order valence-electron chi connectivity index (χ3n) is 4.46. The molecule has 1 amide bonds. The van der Waals surface area contributed by atoms with Crippen molar-refractivity contribution in [3.63, 3.8) is 0 Å². The van der Waals surface area contributed by atoms with Crippen molar-refractivity contribution in [3.8, 4) is 0 Å². The van der Waals surface area contributed by atoms with Crippen molar-refractivity contribution in [3.05, 3.63) is 47.2 Å². The van der Waals surface area contributed by atoms with Gasteiger partial charge in [-0.15, -0.1) is 21.5 Å². The smallest absolute Gasteiger partial charge is 0.252 e. The van der Waals surface area contributed by atoms with Crippen molar-refractivity contribution in [2.45, 2.75) is 30.0 Å². The van der Waals surface area contributed by atoms with Crippen molar-refractivity contribution in [1.82, 2.24) is 24.2 Å². The molecule has 0 atom stereocenters. The predicted octanol–water partition coefficient (Wildman–Crippen LogP) is 1.43. The van der Waals surface area contributed by atoms with Crippen LogP contribution in [0.15, 0.2) is 40.7 Å². The molecule has 3 aromatic heterocycles. The van der Waals surface area contributed by atoms with Gasteiger partial charge in [0.2, 0.25) is 5.91 Å². The fourth-order valence-corrected chi connectivity index (χ4v) is 6.08. The lowest BCUT2D eigenvalue weighted by Crippen LogP contribution is -2.27. The van der Waals surface area contributed by atoms with E-state index >= 15 is 0 Å². The molecule has 0 bridgehead atoms. The normalized spacial score (nSPS) is 15.4. The summed E-state index contributed by atoms with van der Waals surface area (Å²) in [5.41, 5.74) is 0.719. The van der Waals surface area contributed by atoms with Crippen molar-refractivity contribution < 1.29 is 13.2 Å². The summed E-state index contributed by atoms with van der Waals surface area (Å²) < 4.78 is 28.7. The van der Waals surface area contributed by atoms with E-state index in [1.165, 1.54) is 4.31 Å². The van der Waals surface area contributed by atoms with E-state index in [0.29, 0.717) is 23.1 Å². The van der Waals surface area contributed by atoms with Crippen LogP contribution in [0, 0.1) is 0 Å². The number of amides is 1. The predicted molar refractivity (Wildman–Crippen MR) is 101 cm³/mol. The van der Waals surface area contributed by atoms with Crippen molar-refractivity contribution >= 4 is 32.9 Å². The Balaban J connectivity index is 1.38. The Bertz CT molecular complexity index is 1070. The summed E-state index contributed by atoms with van der Waals surface area (Å²) in [7, 11) is -3.43. The van der Waals surface area contributed by atoms with Gasteiger partial charge in [0.15, 0.2) is 11.5 Å². The van der Waals surface area contributed by atoms with E-state index in [0.717, 1.165) is 34.7 Å².